The van der Waals surface area contributed by atoms with E-state index in [9.17, 15) is 13.2 Å². The number of carbonyl (C=O) groups is 1. The summed E-state index contributed by atoms with van der Waals surface area (Å²) >= 11 is 0. The number of nitrogens with one attached hydrogen (secondary N) is 1. The molecule has 1 amide bonds. The van der Waals surface area contributed by atoms with E-state index in [-0.39, 0.29) is 17.2 Å². The number of hydrogen-bond acceptors (Lipinski definition) is 5. The molecule has 0 bridgehead atoms. The van der Waals surface area contributed by atoms with E-state index in [1.807, 2.05) is 19.1 Å². The van der Waals surface area contributed by atoms with Crippen LogP contribution in [0, 0.1) is 6.92 Å². The fraction of sp³-hybridized carbons (Fsp3) is 0.278. The first kappa shape index (κ1) is 19.7. The van der Waals surface area contributed by atoms with Gasteiger partial charge in [0.2, 0.25) is 15.9 Å². The molecule has 2 aromatic carbocycles. The summed E-state index contributed by atoms with van der Waals surface area (Å²) in [7, 11) is 0.217. The number of anilines is 1. The Morgan fingerprint density at radius 2 is 1.73 bits per heavy atom. The second kappa shape index (κ2) is 8.20. The second-order valence-electron chi connectivity index (χ2n) is 5.69. The number of nitrogens with zero attached hydrogens (tertiary/aromatic N) is 1. The first-order chi connectivity index (χ1) is 12.3. The lowest BCUT2D eigenvalue weighted by atomic mass is 10.2. The van der Waals surface area contributed by atoms with Crippen molar-refractivity contribution in [3.8, 4) is 11.5 Å². The Labute approximate surface area is 153 Å². The molecule has 0 saturated carbocycles. The fourth-order valence-electron chi connectivity index (χ4n) is 2.28. The third-order valence-electron chi connectivity index (χ3n) is 3.76. The average molecular weight is 378 g/mol. The highest BCUT2D eigenvalue weighted by atomic mass is 32.2. The summed E-state index contributed by atoms with van der Waals surface area (Å²) in [6.45, 7) is 1.60. The van der Waals surface area contributed by atoms with E-state index in [0.717, 1.165) is 9.87 Å². The van der Waals surface area contributed by atoms with Crippen LogP contribution in [0.1, 0.15) is 5.56 Å². The van der Waals surface area contributed by atoms with Gasteiger partial charge in [0, 0.05) is 18.8 Å². The van der Waals surface area contributed by atoms with Crippen molar-refractivity contribution in [2.45, 2.75) is 11.8 Å². The number of amides is 1. The average Bonchev–Trinajstić information content (AvgIpc) is 2.62. The highest BCUT2D eigenvalue weighted by molar-refractivity contribution is 7.89. The first-order valence-electron chi connectivity index (χ1n) is 7.83. The molecule has 0 aliphatic heterocycles. The van der Waals surface area contributed by atoms with Crippen molar-refractivity contribution in [1.29, 1.82) is 0 Å². The van der Waals surface area contributed by atoms with E-state index in [1.54, 1.807) is 18.2 Å². The number of methoxy groups -OCH3 is 2. The van der Waals surface area contributed by atoms with Gasteiger partial charge in [0.25, 0.3) is 0 Å². The van der Waals surface area contributed by atoms with Crippen LogP contribution in [0.15, 0.2) is 47.4 Å². The van der Waals surface area contributed by atoms with Gasteiger partial charge in [-0.25, -0.2) is 8.42 Å². The second-order valence-corrected chi connectivity index (χ2v) is 7.71. The Bertz CT molecular complexity index is 879. The molecule has 26 heavy (non-hydrogen) atoms. The number of ether oxygens (including phenoxy) is 2. The van der Waals surface area contributed by atoms with Crippen LogP contribution >= 0.6 is 0 Å². The Balaban J connectivity index is 2.18. The molecule has 0 fully saturated rings. The molecule has 7 nitrogen and oxygen atoms in total. The lowest BCUT2D eigenvalue weighted by Gasteiger charge is -2.19. The van der Waals surface area contributed by atoms with Crippen LogP contribution in [-0.4, -0.2) is 46.4 Å². The maximum Gasteiger partial charge on any atom is 0.247 e. The van der Waals surface area contributed by atoms with Crippen molar-refractivity contribution in [2.24, 2.45) is 0 Å². The molecular formula is C18H22N2O5S. The molecule has 8 heteroatoms. The zero-order chi connectivity index (χ0) is 19.3. The zero-order valence-corrected chi connectivity index (χ0v) is 16.0. The van der Waals surface area contributed by atoms with Gasteiger partial charge in [0.05, 0.1) is 20.8 Å². The maximum absolute atomic E-state index is 12.8. The minimum absolute atomic E-state index is 0.0648. The van der Waals surface area contributed by atoms with Crippen molar-refractivity contribution in [3.05, 3.63) is 48.0 Å². The molecule has 0 spiro atoms. The molecule has 0 aliphatic carbocycles. The van der Waals surface area contributed by atoms with Gasteiger partial charge >= 0.3 is 0 Å². The number of likely N-dealkylation sites (N-methyl/N-ethyl adjacent to an activating group) is 1. The number of hydrogen-bond donors (Lipinski definition) is 1. The van der Waals surface area contributed by atoms with Gasteiger partial charge in [0.15, 0.2) is 0 Å². The predicted molar refractivity (Wildman–Crippen MR) is 99.2 cm³/mol. The number of aryl methyl sites for hydroxylation is 1. The molecule has 0 saturated heterocycles. The Hall–Kier alpha value is -2.58. The summed E-state index contributed by atoms with van der Waals surface area (Å²) in [5.41, 5.74) is 1.66. The molecule has 0 radical (unpaired) electrons. The van der Waals surface area contributed by atoms with Gasteiger partial charge in [-0.05, 0) is 31.2 Å². The minimum atomic E-state index is -3.94. The SMILES string of the molecule is COc1ccc(OC)c(S(=O)(=O)N(C)CC(=O)Nc2ccc(C)cc2)c1. The first-order valence-corrected chi connectivity index (χ1v) is 9.27. The van der Waals surface area contributed by atoms with Gasteiger partial charge in [-0.3, -0.25) is 4.79 Å². The van der Waals surface area contributed by atoms with Crippen molar-refractivity contribution >= 4 is 21.6 Å². The summed E-state index contributed by atoms with van der Waals surface area (Å²) in [4.78, 5) is 12.1. The summed E-state index contributed by atoms with van der Waals surface area (Å²) in [5.74, 6) is 0.111. The van der Waals surface area contributed by atoms with Crippen molar-refractivity contribution in [1.82, 2.24) is 4.31 Å². The molecule has 2 aromatic rings. The van der Waals surface area contributed by atoms with Gasteiger partial charge in [-0.15, -0.1) is 0 Å². The minimum Gasteiger partial charge on any atom is -0.497 e. The van der Waals surface area contributed by atoms with Crippen molar-refractivity contribution in [2.75, 3.05) is 33.1 Å². The number of carbonyl (C=O) groups excluding carboxylic acids is 1. The van der Waals surface area contributed by atoms with Crippen LogP contribution in [0.3, 0.4) is 0 Å². The zero-order valence-electron chi connectivity index (χ0n) is 15.1. The molecular weight excluding hydrogens is 356 g/mol. The quantitative estimate of drug-likeness (QED) is 0.799. The standard InChI is InChI=1S/C18H22N2O5S/c1-13-5-7-14(8-6-13)19-18(21)12-20(2)26(22,23)17-11-15(24-3)9-10-16(17)25-4/h5-11H,12H2,1-4H3,(H,19,21). The molecule has 1 N–H and O–H groups in total. The number of rotatable bonds is 7. The van der Waals surface area contributed by atoms with E-state index in [2.05, 4.69) is 5.32 Å². The third kappa shape index (κ3) is 4.53. The fourth-order valence-corrected chi connectivity index (χ4v) is 3.57. The van der Waals surface area contributed by atoms with E-state index in [1.165, 1.54) is 33.4 Å². The molecule has 140 valence electrons. The third-order valence-corrected chi connectivity index (χ3v) is 5.59. The van der Waals surface area contributed by atoms with Crippen LogP contribution in [-0.2, 0) is 14.8 Å². The molecule has 0 atom stereocenters. The lowest BCUT2D eigenvalue weighted by molar-refractivity contribution is -0.116. The monoisotopic (exact) mass is 378 g/mol. The largest absolute Gasteiger partial charge is 0.497 e. The smallest absolute Gasteiger partial charge is 0.247 e. The predicted octanol–water partition coefficient (Wildman–Crippen LogP) is 2.27. The number of benzene rings is 2. The van der Waals surface area contributed by atoms with E-state index in [0.29, 0.717) is 11.4 Å². The highest BCUT2D eigenvalue weighted by Gasteiger charge is 2.27. The molecule has 2 rings (SSSR count). The normalized spacial score (nSPS) is 11.3. The topological polar surface area (TPSA) is 84.9 Å². The Morgan fingerprint density at radius 1 is 1.08 bits per heavy atom. The van der Waals surface area contributed by atoms with Crippen LogP contribution in [0.4, 0.5) is 5.69 Å². The van der Waals surface area contributed by atoms with E-state index < -0.39 is 15.9 Å². The summed E-state index contributed by atoms with van der Waals surface area (Å²) in [5, 5.41) is 2.67. The van der Waals surface area contributed by atoms with Gasteiger partial charge in [-0.2, -0.15) is 4.31 Å². The number of sulfonamides is 1. The van der Waals surface area contributed by atoms with Crippen LogP contribution in [0.25, 0.3) is 0 Å². The van der Waals surface area contributed by atoms with Crippen molar-refractivity contribution < 1.29 is 22.7 Å². The molecule has 0 heterocycles. The van der Waals surface area contributed by atoms with Crippen LogP contribution in [0.5, 0.6) is 11.5 Å². The van der Waals surface area contributed by atoms with Gasteiger partial charge < -0.3 is 14.8 Å². The molecule has 0 aliphatic rings. The van der Waals surface area contributed by atoms with Crippen molar-refractivity contribution in [3.63, 3.8) is 0 Å². The van der Waals surface area contributed by atoms with Gasteiger partial charge in [-0.1, -0.05) is 17.7 Å². The maximum atomic E-state index is 12.8. The summed E-state index contributed by atoms with van der Waals surface area (Å²) in [6, 6.07) is 11.7. The lowest BCUT2D eigenvalue weighted by Crippen LogP contribution is -2.35. The Morgan fingerprint density at radius 3 is 2.31 bits per heavy atom. The highest BCUT2D eigenvalue weighted by Crippen LogP contribution is 2.30. The summed E-state index contributed by atoms with van der Waals surface area (Å²) in [6.07, 6.45) is 0. The van der Waals surface area contributed by atoms with E-state index >= 15 is 0 Å². The van der Waals surface area contributed by atoms with Crippen LogP contribution in [0.2, 0.25) is 0 Å². The molecule has 0 unspecified atom stereocenters. The Kier molecular flexibility index (Phi) is 6.23. The molecule has 0 aromatic heterocycles. The summed E-state index contributed by atoms with van der Waals surface area (Å²) < 4.78 is 36.8. The van der Waals surface area contributed by atoms with E-state index in [4.69, 9.17) is 9.47 Å². The van der Waals surface area contributed by atoms with Crippen LogP contribution < -0.4 is 14.8 Å². The van der Waals surface area contributed by atoms with Gasteiger partial charge in [0.1, 0.15) is 16.4 Å².